The Morgan fingerprint density at radius 2 is 2.00 bits per heavy atom. The molecule has 4 N–H and O–H groups in total. The highest BCUT2D eigenvalue weighted by Gasteiger charge is 2.23. The number of nitrogens with zero attached hydrogens (tertiary/aromatic N) is 1. The zero-order chi connectivity index (χ0) is 16.0. The van der Waals surface area contributed by atoms with Crippen LogP contribution in [-0.2, 0) is 9.59 Å². The Hall–Kier alpha value is -2.79. The van der Waals surface area contributed by atoms with Gasteiger partial charge >= 0.3 is 18.0 Å². The summed E-state index contributed by atoms with van der Waals surface area (Å²) < 4.78 is 0. The lowest BCUT2D eigenvalue weighted by Crippen LogP contribution is -2.44. The third kappa shape index (κ3) is 5.00. The van der Waals surface area contributed by atoms with Crippen molar-refractivity contribution in [2.45, 2.75) is 12.5 Å². The molecule has 1 atom stereocenters. The first-order valence-electron chi connectivity index (χ1n) is 5.55. The smallest absolute Gasteiger partial charge is 0.326 e. The second kappa shape index (κ2) is 7.12. The van der Waals surface area contributed by atoms with Crippen molar-refractivity contribution in [3.8, 4) is 6.07 Å². The number of nitriles is 1. The molecule has 0 bridgehead atoms. The number of benzene rings is 1. The van der Waals surface area contributed by atoms with Gasteiger partial charge in [0.25, 0.3) is 0 Å². The van der Waals surface area contributed by atoms with Crippen LogP contribution >= 0.6 is 11.6 Å². The van der Waals surface area contributed by atoms with Gasteiger partial charge in [0, 0.05) is 0 Å². The van der Waals surface area contributed by atoms with Crippen molar-refractivity contribution in [2.75, 3.05) is 5.32 Å². The molecule has 1 rings (SSSR count). The summed E-state index contributed by atoms with van der Waals surface area (Å²) in [4.78, 5) is 32.9. The quantitative estimate of drug-likeness (QED) is 0.645. The van der Waals surface area contributed by atoms with E-state index in [4.69, 9.17) is 27.1 Å². The van der Waals surface area contributed by atoms with Crippen LogP contribution in [0, 0.1) is 11.3 Å². The minimum Gasteiger partial charge on any atom is -0.481 e. The number of rotatable bonds is 5. The molecule has 0 fully saturated rings. The van der Waals surface area contributed by atoms with Gasteiger partial charge in [0.15, 0.2) is 0 Å². The second-order valence-electron chi connectivity index (χ2n) is 3.89. The summed E-state index contributed by atoms with van der Waals surface area (Å²) in [5.41, 5.74) is 0.452. The molecule has 0 aliphatic rings. The summed E-state index contributed by atoms with van der Waals surface area (Å²) in [5, 5.41) is 30.4. The van der Waals surface area contributed by atoms with Crippen LogP contribution in [0.4, 0.5) is 10.5 Å². The predicted molar refractivity (Wildman–Crippen MR) is 72.0 cm³/mol. The minimum absolute atomic E-state index is 0.0920. The number of carbonyl (C=O) groups excluding carboxylic acids is 1. The minimum atomic E-state index is -1.57. The van der Waals surface area contributed by atoms with Gasteiger partial charge in [-0.05, 0) is 18.2 Å². The molecule has 0 aromatic heterocycles. The standard InChI is InChI=1S/C12H10ClN3O5/c13-7-3-6(5-14)1-2-8(7)15-12(21)16-9(11(19)20)4-10(17)18/h1-3,9H,4H2,(H,17,18)(H,19,20)(H2,15,16,21)/t9-/m1/s1. The van der Waals surface area contributed by atoms with Crippen molar-refractivity contribution >= 4 is 35.3 Å². The topological polar surface area (TPSA) is 140 Å². The van der Waals surface area contributed by atoms with Crippen LogP contribution in [0.15, 0.2) is 18.2 Å². The number of anilines is 1. The van der Waals surface area contributed by atoms with Crippen molar-refractivity contribution < 1.29 is 24.6 Å². The van der Waals surface area contributed by atoms with Crippen molar-refractivity contribution in [3.63, 3.8) is 0 Å². The number of nitrogens with one attached hydrogen (secondary N) is 2. The van der Waals surface area contributed by atoms with E-state index in [2.05, 4.69) is 5.32 Å². The first-order valence-corrected chi connectivity index (χ1v) is 5.93. The lowest BCUT2D eigenvalue weighted by Gasteiger charge is -2.14. The van der Waals surface area contributed by atoms with Crippen molar-refractivity contribution in [2.24, 2.45) is 0 Å². The zero-order valence-electron chi connectivity index (χ0n) is 10.5. The molecule has 0 aliphatic carbocycles. The maximum atomic E-state index is 11.6. The van der Waals surface area contributed by atoms with Crippen LogP contribution in [0.1, 0.15) is 12.0 Å². The average Bonchev–Trinajstić information content (AvgIpc) is 2.39. The van der Waals surface area contributed by atoms with Crippen LogP contribution in [0.25, 0.3) is 0 Å². The summed E-state index contributed by atoms with van der Waals surface area (Å²) >= 11 is 5.83. The molecular formula is C12H10ClN3O5. The van der Waals surface area contributed by atoms with E-state index in [-0.39, 0.29) is 10.7 Å². The average molecular weight is 312 g/mol. The third-order valence-electron chi connectivity index (χ3n) is 2.33. The third-order valence-corrected chi connectivity index (χ3v) is 2.64. The molecule has 0 saturated carbocycles. The fourth-order valence-electron chi connectivity index (χ4n) is 1.38. The summed E-state index contributed by atoms with van der Waals surface area (Å²) in [6.45, 7) is 0. The number of amides is 2. The van der Waals surface area contributed by atoms with Crippen LogP contribution in [0.5, 0.6) is 0 Å². The van der Waals surface area contributed by atoms with Gasteiger partial charge in [-0.15, -0.1) is 0 Å². The number of carboxylic acid groups (broad SMARTS) is 2. The summed E-state index contributed by atoms with van der Waals surface area (Å²) in [7, 11) is 0. The summed E-state index contributed by atoms with van der Waals surface area (Å²) in [5.74, 6) is -2.84. The predicted octanol–water partition coefficient (Wildman–Crippen LogP) is 1.26. The second-order valence-corrected chi connectivity index (χ2v) is 4.30. The van der Waals surface area contributed by atoms with E-state index in [1.807, 2.05) is 11.4 Å². The van der Waals surface area contributed by atoms with Gasteiger partial charge in [0.2, 0.25) is 0 Å². The highest BCUT2D eigenvalue weighted by atomic mass is 35.5. The van der Waals surface area contributed by atoms with Gasteiger partial charge in [0.05, 0.1) is 28.8 Å². The van der Waals surface area contributed by atoms with E-state index >= 15 is 0 Å². The van der Waals surface area contributed by atoms with Crippen molar-refractivity contribution in [1.29, 1.82) is 5.26 Å². The highest BCUT2D eigenvalue weighted by Crippen LogP contribution is 2.22. The van der Waals surface area contributed by atoms with Gasteiger partial charge < -0.3 is 20.8 Å². The SMILES string of the molecule is N#Cc1ccc(NC(=O)N[C@H](CC(=O)O)C(=O)O)c(Cl)c1. The molecule has 110 valence electrons. The fourth-order valence-corrected chi connectivity index (χ4v) is 1.61. The Labute approximate surface area is 123 Å². The van der Waals surface area contributed by atoms with E-state index in [9.17, 15) is 14.4 Å². The molecule has 21 heavy (non-hydrogen) atoms. The number of carboxylic acids is 2. The number of hydrogen-bond acceptors (Lipinski definition) is 4. The first kappa shape index (κ1) is 16.3. The van der Waals surface area contributed by atoms with E-state index in [1.165, 1.54) is 18.2 Å². The molecule has 2 amide bonds. The van der Waals surface area contributed by atoms with Gasteiger partial charge in [-0.25, -0.2) is 9.59 Å². The largest absolute Gasteiger partial charge is 0.481 e. The van der Waals surface area contributed by atoms with Crippen molar-refractivity contribution in [3.05, 3.63) is 28.8 Å². The molecule has 0 unspecified atom stereocenters. The van der Waals surface area contributed by atoms with Crippen LogP contribution < -0.4 is 10.6 Å². The molecule has 8 nitrogen and oxygen atoms in total. The lowest BCUT2D eigenvalue weighted by atomic mass is 10.2. The maximum Gasteiger partial charge on any atom is 0.326 e. The van der Waals surface area contributed by atoms with E-state index in [0.717, 1.165) is 0 Å². The Morgan fingerprint density at radius 1 is 1.33 bits per heavy atom. The number of halogens is 1. The lowest BCUT2D eigenvalue weighted by molar-refractivity contribution is -0.145. The highest BCUT2D eigenvalue weighted by molar-refractivity contribution is 6.33. The molecule has 0 heterocycles. The Kier molecular flexibility index (Phi) is 5.51. The Morgan fingerprint density at radius 3 is 2.48 bits per heavy atom. The van der Waals surface area contributed by atoms with E-state index < -0.39 is 30.4 Å². The first-order chi connectivity index (χ1) is 9.83. The van der Waals surface area contributed by atoms with E-state index in [1.54, 1.807) is 0 Å². The monoisotopic (exact) mass is 311 g/mol. The molecule has 0 saturated heterocycles. The number of aliphatic carboxylic acids is 2. The van der Waals surface area contributed by atoms with Crippen LogP contribution in [0.2, 0.25) is 5.02 Å². The zero-order valence-corrected chi connectivity index (χ0v) is 11.2. The molecule has 9 heteroatoms. The molecule has 0 spiro atoms. The fraction of sp³-hybridized carbons (Fsp3) is 0.167. The van der Waals surface area contributed by atoms with Crippen molar-refractivity contribution in [1.82, 2.24) is 5.32 Å². The maximum absolute atomic E-state index is 11.6. The summed E-state index contributed by atoms with van der Waals surface area (Å²) in [6.07, 6.45) is -0.760. The van der Waals surface area contributed by atoms with Gasteiger partial charge in [-0.1, -0.05) is 11.6 Å². The van der Waals surface area contributed by atoms with Gasteiger partial charge in [-0.2, -0.15) is 5.26 Å². The molecule has 1 aromatic rings. The number of carbonyl (C=O) groups is 3. The molecule has 0 radical (unpaired) electrons. The number of hydrogen-bond donors (Lipinski definition) is 4. The molecular weight excluding hydrogens is 302 g/mol. The molecule has 0 aliphatic heterocycles. The van der Waals surface area contributed by atoms with Gasteiger partial charge in [0.1, 0.15) is 6.04 Å². The van der Waals surface area contributed by atoms with E-state index in [0.29, 0.717) is 5.56 Å². The Bertz CT molecular complexity index is 626. The number of urea groups is 1. The Balaban J connectivity index is 2.75. The van der Waals surface area contributed by atoms with Crippen LogP contribution in [-0.4, -0.2) is 34.2 Å². The van der Waals surface area contributed by atoms with Crippen LogP contribution in [0.3, 0.4) is 0 Å². The normalized spacial score (nSPS) is 11.0. The van der Waals surface area contributed by atoms with Gasteiger partial charge in [-0.3, -0.25) is 4.79 Å². The summed E-state index contributed by atoms with van der Waals surface area (Å²) in [6, 6.07) is 3.47. The molecule has 1 aromatic carbocycles.